The average Bonchev–Trinajstić information content (AvgIpc) is 2.40. The fourth-order valence-corrected chi connectivity index (χ4v) is 3.44. The van der Waals surface area contributed by atoms with Gasteiger partial charge in [-0.1, -0.05) is 38.5 Å². The lowest BCUT2D eigenvalue weighted by atomic mass is 9.68. The van der Waals surface area contributed by atoms with Crippen molar-refractivity contribution in [2.75, 3.05) is 0 Å². The van der Waals surface area contributed by atoms with E-state index in [1.807, 2.05) is 6.92 Å². The summed E-state index contributed by atoms with van der Waals surface area (Å²) in [6.07, 6.45) is 4.53. The van der Waals surface area contributed by atoms with Crippen molar-refractivity contribution < 1.29 is 4.79 Å². The number of hydrogen-bond donors (Lipinski definition) is 0. The highest BCUT2D eigenvalue weighted by Crippen LogP contribution is 2.40. The number of aryl methyl sites for hydroxylation is 2. The first-order valence-electron chi connectivity index (χ1n) is 7.90. The summed E-state index contributed by atoms with van der Waals surface area (Å²) in [7, 11) is 0. The smallest absolute Gasteiger partial charge is 0.166 e. The molecule has 0 radical (unpaired) electrons. The summed E-state index contributed by atoms with van der Waals surface area (Å²) in [5, 5.41) is 0. The maximum absolute atomic E-state index is 12.7. The molecule has 0 spiro atoms. The zero-order chi connectivity index (χ0) is 14.9. The number of ketones is 1. The maximum atomic E-state index is 12.7. The van der Waals surface area contributed by atoms with Gasteiger partial charge in [-0.3, -0.25) is 4.79 Å². The van der Waals surface area contributed by atoms with Gasteiger partial charge in [-0.25, -0.2) is 0 Å². The van der Waals surface area contributed by atoms with E-state index < -0.39 is 0 Å². The van der Waals surface area contributed by atoms with Gasteiger partial charge in [0, 0.05) is 11.5 Å². The highest BCUT2D eigenvalue weighted by atomic mass is 16.1. The third-order valence-electron chi connectivity index (χ3n) is 4.98. The Balaban J connectivity index is 2.07. The minimum atomic E-state index is 0.245. The van der Waals surface area contributed by atoms with Crippen LogP contribution in [0.1, 0.15) is 67.9 Å². The van der Waals surface area contributed by atoms with Gasteiger partial charge in [0.25, 0.3) is 0 Å². The monoisotopic (exact) mass is 272 g/mol. The number of carbonyl (C=O) groups excluding carboxylic acids is 1. The predicted molar refractivity (Wildman–Crippen MR) is 85.1 cm³/mol. The molecule has 1 aromatic rings. The molecule has 0 bridgehead atoms. The lowest BCUT2D eigenvalue weighted by Gasteiger charge is -2.36. The summed E-state index contributed by atoms with van der Waals surface area (Å²) < 4.78 is 0. The van der Waals surface area contributed by atoms with Crippen LogP contribution < -0.4 is 0 Å². The molecule has 1 fully saturated rings. The molecule has 0 heterocycles. The van der Waals surface area contributed by atoms with Gasteiger partial charge >= 0.3 is 0 Å². The number of Topliss-reactive ketones (excluding diaryl/α,β-unsaturated/α-hetero) is 1. The van der Waals surface area contributed by atoms with Crippen molar-refractivity contribution >= 4 is 5.78 Å². The van der Waals surface area contributed by atoms with E-state index in [9.17, 15) is 4.79 Å². The summed E-state index contributed by atoms with van der Waals surface area (Å²) >= 11 is 0. The normalized spacial score (nSPS) is 23.6. The molecule has 1 heteroatoms. The second kappa shape index (κ2) is 5.71. The van der Waals surface area contributed by atoms with Crippen LogP contribution in [-0.4, -0.2) is 5.78 Å². The summed E-state index contributed by atoms with van der Waals surface area (Å²) in [6.45, 7) is 11.1. The molecular formula is C19H28O. The molecule has 1 saturated carbocycles. The van der Waals surface area contributed by atoms with Gasteiger partial charge in [0.05, 0.1) is 0 Å². The van der Waals surface area contributed by atoms with E-state index in [1.165, 1.54) is 18.4 Å². The summed E-state index contributed by atoms with van der Waals surface area (Å²) in [5.74, 6) is 1.39. The number of carbonyl (C=O) groups is 1. The van der Waals surface area contributed by atoms with E-state index in [4.69, 9.17) is 0 Å². The summed E-state index contributed by atoms with van der Waals surface area (Å²) in [6, 6.07) is 6.22. The summed E-state index contributed by atoms with van der Waals surface area (Å²) in [5.41, 5.74) is 3.64. The predicted octanol–water partition coefficient (Wildman–Crippen LogP) is 5.34. The molecule has 0 N–H and O–H groups in total. The second-order valence-corrected chi connectivity index (χ2v) is 7.60. The van der Waals surface area contributed by atoms with Crippen molar-refractivity contribution in [1.82, 2.24) is 0 Å². The number of hydrogen-bond acceptors (Lipinski definition) is 1. The zero-order valence-corrected chi connectivity index (χ0v) is 13.6. The number of benzene rings is 1. The fraction of sp³-hybridized carbons (Fsp3) is 0.632. The first-order chi connectivity index (χ1) is 9.29. The van der Waals surface area contributed by atoms with Crippen molar-refractivity contribution in [2.45, 2.75) is 60.3 Å². The highest BCUT2D eigenvalue weighted by Gasteiger charge is 2.32. The molecule has 2 rings (SSSR count). The third kappa shape index (κ3) is 3.31. The van der Waals surface area contributed by atoms with Crippen molar-refractivity contribution in [3.63, 3.8) is 0 Å². The molecule has 1 aromatic carbocycles. The Morgan fingerprint density at radius 2 is 1.65 bits per heavy atom. The van der Waals surface area contributed by atoms with E-state index in [-0.39, 0.29) is 5.92 Å². The van der Waals surface area contributed by atoms with Gasteiger partial charge in [0.1, 0.15) is 0 Å². The largest absolute Gasteiger partial charge is 0.294 e. The van der Waals surface area contributed by atoms with Gasteiger partial charge in [-0.05, 0) is 62.5 Å². The zero-order valence-electron chi connectivity index (χ0n) is 13.6. The Morgan fingerprint density at radius 3 is 2.20 bits per heavy atom. The van der Waals surface area contributed by atoms with E-state index in [1.54, 1.807) is 0 Å². The second-order valence-electron chi connectivity index (χ2n) is 7.60. The molecule has 20 heavy (non-hydrogen) atoms. The van der Waals surface area contributed by atoms with Gasteiger partial charge in [0.2, 0.25) is 0 Å². The van der Waals surface area contributed by atoms with Gasteiger partial charge in [-0.2, -0.15) is 0 Å². The van der Waals surface area contributed by atoms with E-state index in [2.05, 4.69) is 45.9 Å². The molecule has 0 amide bonds. The Hall–Kier alpha value is -1.11. The molecule has 1 aliphatic carbocycles. The van der Waals surface area contributed by atoms with Crippen molar-refractivity contribution in [3.05, 3.63) is 34.9 Å². The lowest BCUT2D eigenvalue weighted by Crippen LogP contribution is -2.29. The maximum Gasteiger partial charge on any atom is 0.166 e. The summed E-state index contributed by atoms with van der Waals surface area (Å²) in [4.78, 5) is 12.7. The molecule has 0 aromatic heterocycles. The van der Waals surface area contributed by atoms with E-state index >= 15 is 0 Å². The number of rotatable bonds is 2. The van der Waals surface area contributed by atoms with Crippen LogP contribution in [-0.2, 0) is 0 Å². The quantitative estimate of drug-likeness (QED) is 0.664. The molecule has 1 aliphatic rings. The first-order valence-corrected chi connectivity index (χ1v) is 7.90. The SMILES string of the molecule is Cc1ccc(C)c(C(=O)C2CCC(C(C)(C)C)CC2)c1. The van der Waals surface area contributed by atoms with Crippen molar-refractivity contribution in [3.8, 4) is 0 Å². The van der Waals surface area contributed by atoms with Gasteiger partial charge < -0.3 is 0 Å². The fourth-order valence-electron chi connectivity index (χ4n) is 3.44. The Kier molecular flexibility index (Phi) is 4.36. The Bertz CT molecular complexity index is 485. The van der Waals surface area contributed by atoms with Gasteiger partial charge in [-0.15, -0.1) is 0 Å². The van der Waals surface area contributed by atoms with Crippen LogP contribution in [0.3, 0.4) is 0 Å². The highest BCUT2D eigenvalue weighted by molar-refractivity contribution is 5.99. The lowest BCUT2D eigenvalue weighted by molar-refractivity contribution is 0.0819. The molecule has 0 saturated heterocycles. The van der Waals surface area contributed by atoms with Crippen LogP contribution >= 0.6 is 0 Å². The van der Waals surface area contributed by atoms with Gasteiger partial charge in [0.15, 0.2) is 5.78 Å². The minimum Gasteiger partial charge on any atom is -0.294 e. The topological polar surface area (TPSA) is 17.1 Å². The third-order valence-corrected chi connectivity index (χ3v) is 4.98. The Labute approximate surface area is 123 Å². The van der Waals surface area contributed by atoms with Crippen molar-refractivity contribution in [1.29, 1.82) is 0 Å². The molecule has 1 nitrogen and oxygen atoms in total. The minimum absolute atomic E-state index is 0.245. The van der Waals surface area contributed by atoms with Crippen LogP contribution in [0.25, 0.3) is 0 Å². The van der Waals surface area contributed by atoms with Crippen molar-refractivity contribution in [2.24, 2.45) is 17.3 Å². The molecule has 110 valence electrons. The van der Waals surface area contributed by atoms with E-state index in [0.29, 0.717) is 11.2 Å². The van der Waals surface area contributed by atoms with Crippen LogP contribution in [0.2, 0.25) is 0 Å². The molecule has 0 atom stereocenters. The van der Waals surface area contributed by atoms with Crippen LogP contribution in [0, 0.1) is 31.1 Å². The molecule has 0 aliphatic heterocycles. The van der Waals surface area contributed by atoms with Crippen LogP contribution in [0.15, 0.2) is 18.2 Å². The van der Waals surface area contributed by atoms with Crippen LogP contribution in [0.4, 0.5) is 0 Å². The first kappa shape index (κ1) is 15.3. The Morgan fingerprint density at radius 1 is 1.05 bits per heavy atom. The molecular weight excluding hydrogens is 244 g/mol. The standard InChI is InChI=1S/C19H28O/c1-13-6-7-14(2)17(12-13)18(20)15-8-10-16(11-9-15)19(3,4)5/h6-7,12,15-16H,8-11H2,1-5H3. The van der Waals surface area contributed by atoms with Crippen LogP contribution in [0.5, 0.6) is 0 Å². The average molecular weight is 272 g/mol. The molecule has 0 unspecified atom stereocenters. The van der Waals surface area contributed by atoms with E-state index in [0.717, 1.165) is 29.9 Å².